The van der Waals surface area contributed by atoms with Crippen molar-refractivity contribution in [3.63, 3.8) is 0 Å². The van der Waals surface area contributed by atoms with Crippen LogP contribution in [0.1, 0.15) is 45.5 Å². The number of amides is 2. The second-order valence-corrected chi connectivity index (χ2v) is 9.68. The summed E-state index contributed by atoms with van der Waals surface area (Å²) in [7, 11) is 0. The van der Waals surface area contributed by atoms with Crippen LogP contribution in [-0.4, -0.2) is 35.1 Å². The van der Waals surface area contributed by atoms with Gasteiger partial charge in [0.1, 0.15) is 29.5 Å². The summed E-state index contributed by atoms with van der Waals surface area (Å²) in [5.74, 6) is 0.301. The number of nitrogens with two attached hydrogens (primary N) is 1. The van der Waals surface area contributed by atoms with Crippen molar-refractivity contribution in [3.8, 4) is 11.3 Å². The van der Waals surface area contributed by atoms with Crippen molar-refractivity contribution in [2.45, 2.75) is 45.1 Å². The Bertz CT molecular complexity index is 1370. The fourth-order valence-corrected chi connectivity index (χ4v) is 4.12. The number of fused-ring (bicyclic) bond motifs is 1. The number of urea groups is 1. The molecule has 1 aliphatic rings. The fourth-order valence-electron chi connectivity index (χ4n) is 3.36. The van der Waals surface area contributed by atoms with Crippen molar-refractivity contribution in [2.24, 2.45) is 0 Å². The lowest BCUT2D eigenvalue weighted by Crippen LogP contribution is -2.20. The van der Waals surface area contributed by atoms with Gasteiger partial charge in [0.05, 0.1) is 17.1 Å². The van der Waals surface area contributed by atoms with Crippen molar-refractivity contribution in [3.05, 3.63) is 36.2 Å². The molecule has 3 heterocycles. The van der Waals surface area contributed by atoms with Gasteiger partial charge in [0.15, 0.2) is 5.65 Å². The van der Waals surface area contributed by atoms with Crippen LogP contribution in [0.5, 0.6) is 0 Å². The average Bonchev–Trinajstić information content (AvgIpc) is 3.34. The first-order valence-corrected chi connectivity index (χ1v) is 11.2. The van der Waals surface area contributed by atoms with E-state index in [0.717, 1.165) is 24.4 Å². The van der Waals surface area contributed by atoms with Crippen LogP contribution in [-0.2, 0) is 5.41 Å². The van der Waals surface area contributed by atoms with Crippen LogP contribution in [0, 0.1) is 5.82 Å². The first kappa shape index (κ1) is 21.2. The lowest BCUT2D eigenvalue weighted by Gasteiger charge is -2.12. The maximum Gasteiger partial charge on any atom is 0.325 e. The predicted octanol–water partition coefficient (Wildman–Crippen LogP) is 4.34. The number of anilines is 3. The largest absolute Gasteiger partial charge is 0.383 e. The molecule has 0 bridgehead atoms. The molecule has 1 fully saturated rings. The summed E-state index contributed by atoms with van der Waals surface area (Å²) in [6.07, 6.45) is 3.42. The van der Waals surface area contributed by atoms with Gasteiger partial charge in [-0.25, -0.2) is 28.8 Å². The van der Waals surface area contributed by atoms with E-state index in [-0.39, 0.29) is 23.0 Å². The van der Waals surface area contributed by atoms with Gasteiger partial charge in [0.2, 0.25) is 5.13 Å². The number of aromatic nitrogens is 6. The van der Waals surface area contributed by atoms with Gasteiger partial charge in [-0.2, -0.15) is 9.47 Å². The molecule has 1 saturated carbocycles. The summed E-state index contributed by atoms with van der Waals surface area (Å²) < 4.78 is 21.0. The predicted molar refractivity (Wildman–Crippen MR) is 125 cm³/mol. The van der Waals surface area contributed by atoms with Crippen LogP contribution < -0.4 is 16.4 Å². The summed E-state index contributed by atoms with van der Waals surface area (Å²) in [6.45, 7) is 5.94. The Morgan fingerprint density at radius 1 is 1.24 bits per heavy atom. The van der Waals surface area contributed by atoms with Gasteiger partial charge >= 0.3 is 6.03 Å². The average molecular weight is 468 g/mol. The first-order chi connectivity index (χ1) is 15.7. The third-order valence-electron chi connectivity index (χ3n) is 5.22. The summed E-state index contributed by atoms with van der Waals surface area (Å²) in [4.78, 5) is 25.1. The highest BCUT2D eigenvalue weighted by atomic mass is 32.1. The zero-order valence-corrected chi connectivity index (χ0v) is 19.1. The van der Waals surface area contributed by atoms with Crippen molar-refractivity contribution in [1.29, 1.82) is 0 Å². The number of carbonyl (C=O) groups is 1. The smallest absolute Gasteiger partial charge is 0.325 e. The standard InChI is InChI=1S/C21H22FN9OS/c1-21(2,3)18-27-20(33-30-18)28-19(32)26-13-7-4-10(8-12(13)22)15-14-16(23)24-9-25-17(14)31(29-15)11-5-6-11/h4,7-9,11H,5-6H2,1-3H3,(H2,23,24,25)(H2,26,27,28,30,32). The van der Waals surface area contributed by atoms with Crippen molar-refractivity contribution < 1.29 is 9.18 Å². The molecule has 170 valence electrons. The fraction of sp³-hybridized carbons (Fsp3) is 0.333. The Balaban J connectivity index is 1.38. The monoisotopic (exact) mass is 467 g/mol. The van der Waals surface area contributed by atoms with Gasteiger partial charge in [0.25, 0.3) is 0 Å². The van der Waals surface area contributed by atoms with Crippen molar-refractivity contribution in [2.75, 3.05) is 16.4 Å². The number of hydrogen-bond acceptors (Lipinski definition) is 8. The molecule has 5 rings (SSSR count). The van der Waals surface area contributed by atoms with Crippen LogP contribution in [0.15, 0.2) is 24.5 Å². The molecule has 3 aromatic heterocycles. The minimum Gasteiger partial charge on any atom is -0.383 e. The topological polar surface area (TPSA) is 137 Å². The number of carbonyl (C=O) groups excluding carboxylic acids is 1. The molecule has 0 atom stereocenters. The molecule has 12 heteroatoms. The third kappa shape index (κ3) is 4.09. The third-order valence-corrected chi connectivity index (χ3v) is 5.85. The van der Waals surface area contributed by atoms with Gasteiger partial charge in [-0.3, -0.25) is 5.32 Å². The van der Waals surface area contributed by atoms with Crippen molar-refractivity contribution >= 4 is 45.2 Å². The van der Waals surface area contributed by atoms with Crippen molar-refractivity contribution in [1.82, 2.24) is 29.1 Å². The van der Waals surface area contributed by atoms with Gasteiger partial charge in [-0.1, -0.05) is 26.8 Å². The lowest BCUT2D eigenvalue weighted by molar-refractivity contribution is 0.262. The normalized spacial score (nSPS) is 13.9. The molecule has 1 aromatic carbocycles. The van der Waals surface area contributed by atoms with E-state index in [1.54, 1.807) is 6.07 Å². The highest BCUT2D eigenvalue weighted by molar-refractivity contribution is 7.09. The maximum atomic E-state index is 14.9. The van der Waals surface area contributed by atoms with E-state index >= 15 is 0 Å². The molecule has 0 radical (unpaired) electrons. The van der Waals surface area contributed by atoms with Crippen LogP contribution in [0.3, 0.4) is 0 Å². The molecule has 0 saturated heterocycles. The van der Waals surface area contributed by atoms with Crippen LogP contribution >= 0.6 is 11.5 Å². The Morgan fingerprint density at radius 2 is 2.03 bits per heavy atom. The molecule has 0 aliphatic heterocycles. The molecule has 0 spiro atoms. The number of nitrogens with one attached hydrogen (secondary N) is 2. The Hall–Kier alpha value is -3.67. The molecule has 2 amide bonds. The van der Waals surface area contributed by atoms with E-state index in [1.165, 1.54) is 18.5 Å². The maximum absolute atomic E-state index is 14.9. The lowest BCUT2D eigenvalue weighted by atomic mass is 9.96. The van der Waals surface area contributed by atoms with E-state index < -0.39 is 11.8 Å². The quantitative estimate of drug-likeness (QED) is 0.406. The summed E-state index contributed by atoms with van der Waals surface area (Å²) in [6, 6.07) is 4.12. The zero-order chi connectivity index (χ0) is 23.3. The van der Waals surface area contributed by atoms with Crippen LogP contribution in [0.2, 0.25) is 0 Å². The minimum atomic E-state index is -0.612. The molecular weight excluding hydrogens is 445 g/mol. The second-order valence-electron chi connectivity index (χ2n) is 8.93. The number of rotatable bonds is 4. The molecule has 4 aromatic rings. The zero-order valence-electron chi connectivity index (χ0n) is 18.3. The second kappa shape index (κ2) is 7.73. The summed E-state index contributed by atoms with van der Waals surface area (Å²) in [5.41, 5.74) is 7.53. The number of nitrogen functional groups attached to an aromatic ring is 1. The van der Waals surface area contributed by atoms with Gasteiger partial charge in [-0.05, 0) is 25.0 Å². The van der Waals surface area contributed by atoms with Gasteiger partial charge < -0.3 is 11.1 Å². The molecular formula is C21H22FN9OS. The Kier molecular flexibility index (Phi) is 4.96. The number of benzene rings is 1. The van der Waals surface area contributed by atoms with E-state index in [4.69, 9.17) is 5.73 Å². The Labute approximate surface area is 192 Å². The highest BCUT2D eigenvalue weighted by Crippen LogP contribution is 2.40. The molecule has 4 N–H and O–H groups in total. The molecule has 0 unspecified atom stereocenters. The molecule has 1 aliphatic carbocycles. The summed E-state index contributed by atoms with van der Waals surface area (Å²) in [5, 5.41) is 10.7. The van der Waals surface area contributed by atoms with E-state index in [1.807, 2.05) is 25.5 Å². The van der Waals surface area contributed by atoms with E-state index in [9.17, 15) is 9.18 Å². The van der Waals surface area contributed by atoms with E-state index in [0.29, 0.717) is 33.2 Å². The van der Waals surface area contributed by atoms with Gasteiger partial charge in [0, 0.05) is 22.5 Å². The summed E-state index contributed by atoms with van der Waals surface area (Å²) >= 11 is 1.07. The Morgan fingerprint density at radius 3 is 2.70 bits per heavy atom. The SMILES string of the molecule is CC(C)(C)c1nsc(NC(=O)Nc2ccc(-c3nn(C4CC4)c4ncnc(N)c34)cc2F)n1. The van der Waals surface area contributed by atoms with Crippen LogP contribution in [0.25, 0.3) is 22.3 Å². The molecule has 33 heavy (non-hydrogen) atoms. The molecule has 10 nitrogen and oxygen atoms in total. The highest BCUT2D eigenvalue weighted by Gasteiger charge is 2.29. The van der Waals surface area contributed by atoms with Crippen LogP contribution in [0.4, 0.5) is 25.8 Å². The number of halogens is 1. The minimum absolute atomic E-state index is 0.0203. The van der Waals surface area contributed by atoms with E-state index in [2.05, 4.69) is 35.1 Å². The van der Waals surface area contributed by atoms with Gasteiger partial charge in [-0.15, -0.1) is 0 Å². The number of hydrogen-bond donors (Lipinski definition) is 3. The first-order valence-electron chi connectivity index (χ1n) is 10.4. The number of nitrogens with zero attached hydrogens (tertiary/aromatic N) is 6.